The van der Waals surface area contributed by atoms with Gasteiger partial charge in [-0.15, -0.1) is 0 Å². The van der Waals surface area contributed by atoms with Crippen LogP contribution in [-0.2, 0) is 13.0 Å². The van der Waals surface area contributed by atoms with Gasteiger partial charge in [-0.2, -0.15) is 5.10 Å². The molecule has 1 aromatic carbocycles. The molecule has 0 radical (unpaired) electrons. The van der Waals surface area contributed by atoms with Crippen molar-refractivity contribution < 1.29 is 0 Å². The predicted octanol–water partition coefficient (Wildman–Crippen LogP) is 2.83. The van der Waals surface area contributed by atoms with Crippen LogP contribution in [0.4, 0.5) is 0 Å². The molecule has 0 aliphatic rings. The Bertz CT molecular complexity index is 488. The van der Waals surface area contributed by atoms with Gasteiger partial charge in [-0.25, -0.2) is 0 Å². The van der Waals surface area contributed by atoms with Crippen molar-refractivity contribution in [1.29, 1.82) is 0 Å². The van der Waals surface area contributed by atoms with Crippen LogP contribution in [0.3, 0.4) is 0 Å². The van der Waals surface area contributed by atoms with Crippen molar-refractivity contribution in [2.45, 2.75) is 19.9 Å². The SMILES string of the molecule is CCn1ncc(CCN)c1-c1ccc(Br)cc1. The molecule has 2 N–H and O–H groups in total. The molecule has 2 aromatic rings. The molecular weight excluding hydrogens is 278 g/mol. The van der Waals surface area contributed by atoms with Crippen molar-refractivity contribution in [2.24, 2.45) is 5.73 Å². The first-order chi connectivity index (χ1) is 8.26. The standard InChI is InChI=1S/C13H16BrN3/c1-2-17-13(11(7-8-15)9-16-17)10-3-5-12(14)6-4-10/h3-6,9H,2,7-8,15H2,1H3. The number of aromatic nitrogens is 2. The van der Waals surface area contributed by atoms with Gasteiger partial charge >= 0.3 is 0 Å². The number of halogens is 1. The van der Waals surface area contributed by atoms with Crippen molar-refractivity contribution >= 4 is 15.9 Å². The van der Waals surface area contributed by atoms with Crippen molar-refractivity contribution in [2.75, 3.05) is 6.54 Å². The average molecular weight is 294 g/mol. The molecule has 0 amide bonds. The van der Waals surface area contributed by atoms with E-state index in [-0.39, 0.29) is 0 Å². The smallest absolute Gasteiger partial charge is 0.0714 e. The van der Waals surface area contributed by atoms with Crippen LogP contribution in [0, 0.1) is 0 Å². The quantitative estimate of drug-likeness (QED) is 0.942. The van der Waals surface area contributed by atoms with Gasteiger partial charge in [0.25, 0.3) is 0 Å². The Morgan fingerprint density at radius 1 is 1.29 bits per heavy atom. The molecule has 0 spiro atoms. The summed E-state index contributed by atoms with van der Waals surface area (Å²) in [6, 6.07) is 8.31. The number of nitrogens with zero attached hydrogens (tertiary/aromatic N) is 2. The molecule has 0 bridgehead atoms. The van der Waals surface area contributed by atoms with Crippen LogP contribution >= 0.6 is 15.9 Å². The van der Waals surface area contributed by atoms with Crippen LogP contribution in [0.2, 0.25) is 0 Å². The summed E-state index contributed by atoms with van der Waals surface area (Å²) in [5, 5.41) is 4.40. The molecule has 4 heteroatoms. The second-order valence-electron chi connectivity index (χ2n) is 3.88. The maximum absolute atomic E-state index is 5.64. The van der Waals surface area contributed by atoms with E-state index in [1.54, 1.807) is 0 Å². The summed E-state index contributed by atoms with van der Waals surface area (Å²) < 4.78 is 3.11. The number of aryl methyl sites for hydroxylation is 1. The van der Waals surface area contributed by atoms with E-state index in [2.05, 4.69) is 52.2 Å². The zero-order valence-electron chi connectivity index (χ0n) is 9.86. The molecule has 90 valence electrons. The first-order valence-electron chi connectivity index (χ1n) is 5.77. The highest BCUT2D eigenvalue weighted by molar-refractivity contribution is 9.10. The van der Waals surface area contributed by atoms with Gasteiger partial charge in [0.2, 0.25) is 0 Å². The predicted molar refractivity (Wildman–Crippen MR) is 73.8 cm³/mol. The highest BCUT2D eigenvalue weighted by Crippen LogP contribution is 2.25. The molecule has 0 aliphatic heterocycles. The van der Waals surface area contributed by atoms with Crippen LogP contribution in [0.1, 0.15) is 12.5 Å². The summed E-state index contributed by atoms with van der Waals surface area (Å²) in [6.07, 6.45) is 2.79. The second kappa shape index (κ2) is 5.47. The Labute approximate surface area is 110 Å². The van der Waals surface area contributed by atoms with E-state index >= 15 is 0 Å². The molecule has 1 heterocycles. The minimum atomic E-state index is 0.652. The summed E-state index contributed by atoms with van der Waals surface area (Å²) >= 11 is 3.45. The monoisotopic (exact) mass is 293 g/mol. The zero-order chi connectivity index (χ0) is 12.3. The minimum absolute atomic E-state index is 0.652. The molecule has 0 saturated heterocycles. The van der Waals surface area contributed by atoms with Gasteiger partial charge < -0.3 is 5.73 Å². The Morgan fingerprint density at radius 2 is 2.00 bits per heavy atom. The molecule has 2 rings (SSSR count). The van der Waals surface area contributed by atoms with Crippen molar-refractivity contribution in [3.63, 3.8) is 0 Å². The first-order valence-corrected chi connectivity index (χ1v) is 6.56. The van der Waals surface area contributed by atoms with Gasteiger partial charge in [0.15, 0.2) is 0 Å². The lowest BCUT2D eigenvalue weighted by Gasteiger charge is -2.08. The number of benzene rings is 1. The first kappa shape index (κ1) is 12.3. The highest BCUT2D eigenvalue weighted by Gasteiger charge is 2.11. The molecule has 3 nitrogen and oxygen atoms in total. The van der Waals surface area contributed by atoms with Gasteiger partial charge in [0.05, 0.1) is 11.9 Å². The summed E-state index contributed by atoms with van der Waals surface area (Å²) in [5.74, 6) is 0. The fourth-order valence-corrected chi connectivity index (χ4v) is 2.21. The molecular formula is C13H16BrN3. The Kier molecular flexibility index (Phi) is 3.97. The van der Waals surface area contributed by atoms with Crippen LogP contribution in [0.25, 0.3) is 11.3 Å². The van der Waals surface area contributed by atoms with Crippen LogP contribution in [0.5, 0.6) is 0 Å². The molecule has 17 heavy (non-hydrogen) atoms. The Morgan fingerprint density at radius 3 is 2.59 bits per heavy atom. The summed E-state index contributed by atoms with van der Waals surface area (Å²) in [5.41, 5.74) is 9.23. The molecule has 0 aliphatic carbocycles. The fourth-order valence-electron chi connectivity index (χ4n) is 1.94. The van der Waals surface area contributed by atoms with E-state index in [1.165, 1.54) is 16.8 Å². The van der Waals surface area contributed by atoms with E-state index < -0.39 is 0 Å². The fraction of sp³-hybridized carbons (Fsp3) is 0.308. The van der Waals surface area contributed by atoms with Gasteiger partial charge in [-0.3, -0.25) is 4.68 Å². The van der Waals surface area contributed by atoms with E-state index in [1.807, 2.05) is 10.9 Å². The average Bonchev–Trinajstić information content (AvgIpc) is 2.74. The summed E-state index contributed by atoms with van der Waals surface area (Å²) in [7, 11) is 0. The lowest BCUT2D eigenvalue weighted by Crippen LogP contribution is -2.05. The molecule has 0 saturated carbocycles. The minimum Gasteiger partial charge on any atom is -0.330 e. The van der Waals surface area contributed by atoms with Gasteiger partial charge in [-0.05, 0) is 37.6 Å². The normalized spacial score (nSPS) is 10.8. The molecule has 1 aromatic heterocycles. The van der Waals surface area contributed by atoms with E-state index in [4.69, 9.17) is 5.73 Å². The number of hydrogen-bond acceptors (Lipinski definition) is 2. The maximum atomic E-state index is 5.64. The molecule has 0 fully saturated rings. The third-order valence-corrected chi connectivity index (χ3v) is 3.27. The van der Waals surface area contributed by atoms with Crippen LogP contribution in [-0.4, -0.2) is 16.3 Å². The maximum Gasteiger partial charge on any atom is 0.0714 e. The van der Waals surface area contributed by atoms with Crippen molar-refractivity contribution in [3.8, 4) is 11.3 Å². The van der Waals surface area contributed by atoms with E-state index in [0.717, 1.165) is 17.4 Å². The van der Waals surface area contributed by atoms with Gasteiger partial charge in [0, 0.05) is 16.6 Å². The van der Waals surface area contributed by atoms with E-state index in [9.17, 15) is 0 Å². The zero-order valence-corrected chi connectivity index (χ0v) is 11.4. The second-order valence-corrected chi connectivity index (χ2v) is 4.80. The third kappa shape index (κ3) is 2.58. The summed E-state index contributed by atoms with van der Waals surface area (Å²) in [4.78, 5) is 0. The number of hydrogen-bond donors (Lipinski definition) is 1. The highest BCUT2D eigenvalue weighted by atomic mass is 79.9. The van der Waals surface area contributed by atoms with E-state index in [0.29, 0.717) is 6.54 Å². The number of nitrogens with two attached hydrogens (primary N) is 1. The lowest BCUT2D eigenvalue weighted by molar-refractivity contribution is 0.666. The summed E-state index contributed by atoms with van der Waals surface area (Å²) in [6.45, 7) is 3.62. The Balaban J connectivity index is 2.47. The van der Waals surface area contributed by atoms with Crippen molar-refractivity contribution in [1.82, 2.24) is 9.78 Å². The van der Waals surface area contributed by atoms with Crippen molar-refractivity contribution in [3.05, 3.63) is 40.5 Å². The van der Waals surface area contributed by atoms with Gasteiger partial charge in [-0.1, -0.05) is 28.1 Å². The third-order valence-electron chi connectivity index (χ3n) is 2.75. The van der Waals surface area contributed by atoms with Crippen LogP contribution in [0.15, 0.2) is 34.9 Å². The lowest BCUT2D eigenvalue weighted by atomic mass is 10.1. The van der Waals surface area contributed by atoms with Gasteiger partial charge in [0.1, 0.15) is 0 Å². The topological polar surface area (TPSA) is 43.8 Å². The largest absolute Gasteiger partial charge is 0.330 e. The van der Waals surface area contributed by atoms with Crippen LogP contribution < -0.4 is 5.73 Å². The molecule has 0 unspecified atom stereocenters. The number of rotatable bonds is 4. The Hall–Kier alpha value is -1.13. The molecule has 0 atom stereocenters.